The first-order chi connectivity index (χ1) is 13.0. The largest absolute Gasteiger partial charge is 0.479 e. The van der Waals surface area contributed by atoms with E-state index in [2.05, 4.69) is 0 Å². The smallest absolute Gasteiger partial charge is 0.344 e. The Morgan fingerprint density at radius 3 is 2.07 bits per heavy atom. The van der Waals surface area contributed by atoms with Crippen LogP contribution >= 0.6 is 0 Å². The van der Waals surface area contributed by atoms with E-state index < -0.39 is 12.1 Å². The average molecular weight is 362 g/mol. The van der Waals surface area contributed by atoms with E-state index in [0.717, 1.165) is 0 Å². The summed E-state index contributed by atoms with van der Waals surface area (Å²) in [6.07, 6.45) is -0.996. The van der Waals surface area contributed by atoms with Crippen molar-refractivity contribution in [1.29, 1.82) is 0 Å². The molecule has 0 bridgehead atoms. The lowest BCUT2D eigenvalue weighted by Crippen LogP contribution is -2.22. The van der Waals surface area contributed by atoms with Gasteiger partial charge in [0.2, 0.25) is 0 Å². The molecule has 0 radical (unpaired) electrons. The van der Waals surface area contributed by atoms with Crippen LogP contribution in [0.4, 0.5) is 0 Å². The van der Waals surface area contributed by atoms with Gasteiger partial charge < -0.3 is 14.6 Å². The van der Waals surface area contributed by atoms with Crippen molar-refractivity contribution >= 4 is 11.8 Å². The van der Waals surface area contributed by atoms with Crippen LogP contribution in [0, 0.1) is 0 Å². The molecule has 1 atom stereocenters. The predicted octanol–water partition coefficient (Wildman–Crippen LogP) is 4.56. The van der Waals surface area contributed by atoms with E-state index in [1.807, 2.05) is 30.3 Å². The van der Waals surface area contributed by atoms with Crippen LogP contribution < -0.4 is 9.47 Å². The van der Waals surface area contributed by atoms with E-state index in [-0.39, 0.29) is 5.78 Å². The highest BCUT2D eigenvalue weighted by Crippen LogP contribution is 2.23. The SMILES string of the molecule is CC(Oc1cccc(C(=O)c2ccc(Oc3ccccc3)cc2)c1)C(=O)O. The minimum absolute atomic E-state index is 0.185. The van der Waals surface area contributed by atoms with Gasteiger partial charge in [-0.2, -0.15) is 0 Å². The number of hydrogen-bond donors (Lipinski definition) is 1. The molecule has 0 aromatic heterocycles. The Bertz CT molecular complexity index is 932. The second-order valence-electron chi connectivity index (χ2n) is 5.89. The summed E-state index contributed by atoms with van der Waals surface area (Å²) in [6.45, 7) is 1.43. The summed E-state index contributed by atoms with van der Waals surface area (Å²) in [7, 11) is 0. The van der Waals surface area contributed by atoms with Crippen LogP contribution in [0.1, 0.15) is 22.8 Å². The minimum atomic E-state index is -1.07. The number of para-hydroxylation sites is 1. The zero-order valence-corrected chi connectivity index (χ0v) is 14.7. The third-order valence-corrected chi connectivity index (χ3v) is 3.85. The summed E-state index contributed by atoms with van der Waals surface area (Å²) < 4.78 is 11.0. The molecule has 3 aromatic rings. The van der Waals surface area contributed by atoms with Crippen molar-refractivity contribution in [2.75, 3.05) is 0 Å². The number of carboxylic acid groups (broad SMARTS) is 1. The number of ketones is 1. The van der Waals surface area contributed by atoms with Crippen molar-refractivity contribution in [3.63, 3.8) is 0 Å². The molecule has 1 unspecified atom stereocenters. The fraction of sp³-hybridized carbons (Fsp3) is 0.0909. The maximum Gasteiger partial charge on any atom is 0.344 e. The number of benzene rings is 3. The van der Waals surface area contributed by atoms with Gasteiger partial charge in [-0.3, -0.25) is 4.79 Å². The standard InChI is InChI=1S/C22H18O5/c1-15(22(24)25)26-20-9-5-6-17(14-20)21(23)16-10-12-19(13-11-16)27-18-7-3-2-4-8-18/h2-15H,1H3,(H,24,25). The summed E-state index contributed by atoms with van der Waals surface area (Å²) in [5, 5.41) is 8.93. The molecule has 0 fully saturated rings. The van der Waals surface area contributed by atoms with E-state index in [1.54, 1.807) is 42.5 Å². The second-order valence-corrected chi connectivity index (χ2v) is 5.89. The Morgan fingerprint density at radius 1 is 0.778 bits per heavy atom. The molecule has 0 amide bonds. The molecule has 5 heteroatoms. The molecular formula is C22H18O5. The van der Waals surface area contributed by atoms with Crippen molar-refractivity contribution < 1.29 is 24.2 Å². The number of aliphatic carboxylic acids is 1. The lowest BCUT2D eigenvalue weighted by molar-refractivity contribution is -0.144. The number of carboxylic acids is 1. The van der Waals surface area contributed by atoms with Gasteiger partial charge in [0.1, 0.15) is 17.2 Å². The highest BCUT2D eigenvalue weighted by molar-refractivity contribution is 6.09. The van der Waals surface area contributed by atoms with Crippen LogP contribution in [-0.2, 0) is 4.79 Å². The third-order valence-electron chi connectivity index (χ3n) is 3.85. The maximum atomic E-state index is 12.7. The Balaban J connectivity index is 1.73. The Morgan fingerprint density at radius 2 is 1.41 bits per heavy atom. The van der Waals surface area contributed by atoms with E-state index >= 15 is 0 Å². The molecule has 1 N–H and O–H groups in total. The van der Waals surface area contributed by atoms with Gasteiger partial charge in [-0.1, -0.05) is 30.3 Å². The first kappa shape index (κ1) is 18.2. The van der Waals surface area contributed by atoms with Crippen molar-refractivity contribution in [2.24, 2.45) is 0 Å². The van der Waals surface area contributed by atoms with Gasteiger partial charge >= 0.3 is 5.97 Å². The molecule has 0 aliphatic carbocycles. The van der Waals surface area contributed by atoms with Crippen molar-refractivity contribution in [2.45, 2.75) is 13.0 Å². The summed E-state index contributed by atoms with van der Waals surface area (Å²) >= 11 is 0. The maximum absolute atomic E-state index is 12.7. The van der Waals surface area contributed by atoms with Gasteiger partial charge in [-0.25, -0.2) is 4.79 Å². The predicted molar refractivity (Wildman–Crippen MR) is 101 cm³/mol. The summed E-state index contributed by atoms with van der Waals surface area (Å²) in [5.74, 6) is 0.425. The Labute approximate surface area is 156 Å². The zero-order valence-electron chi connectivity index (χ0n) is 14.7. The van der Waals surface area contributed by atoms with E-state index in [9.17, 15) is 9.59 Å². The van der Waals surface area contributed by atoms with Crippen LogP contribution in [0.3, 0.4) is 0 Å². The van der Waals surface area contributed by atoms with Gasteiger partial charge in [0.25, 0.3) is 0 Å². The van der Waals surface area contributed by atoms with E-state index in [0.29, 0.717) is 28.4 Å². The summed E-state index contributed by atoms with van der Waals surface area (Å²) in [4.78, 5) is 23.6. The first-order valence-electron chi connectivity index (χ1n) is 8.40. The topological polar surface area (TPSA) is 72.8 Å². The van der Waals surface area contributed by atoms with E-state index in [4.69, 9.17) is 14.6 Å². The Kier molecular flexibility index (Phi) is 5.52. The lowest BCUT2D eigenvalue weighted by atomic mass is 10.0. The molecule has 0 aliphatic heterocycles. The van der Waals surface area contributed by atoms with Gasteiger partial charge in [0.15, 0.2) is 11.9 Å². The number of carbonyl (C=O) groups excluding carboxylic acids is 1. The van der Waals surface area contributed by atoms with Crippen molar-refractivity contribution in [1.82, 2.24) is 0 Å². The van der Waals surface area contributed by atoms with Crippen LogP contribution in [0.25, 0.3) is 0 Å². The van der Waals surface area contributed by atoms with Gasteiger partial charge in [0, 0.05) is 11.1 Å². The average Bonchev–Trinajstić information content (AvgIpc) is 2.69. The zero-order chi connectivity index (χ0) is 19.2. The van der Waals surface area contributed by atoms with Crippen LogP contribution in [0.15, 0.2) is 78.9 Å². The highest BCUT2D eigenvalue weighted by Gasteiger charge is 2.14. The van der Waals surface area contributed by atoms with Crippen LogP contribution in [-0.4, -0.2) is 23.0 Å². The molecular weight excluding hydrogens is 344 g/mol. The third kappa shape index (κ3) is 4.73. The van der Waals surface area contributed by atoms with Crippen LogP contribution in [0.5, 0.6) is 17.2 Å². The number of ether oxygens (including phenoxy) is 2. The van der Waals surface area contributed by atoms with E-state index in [1.165, 1.54) is 13.0 Å². The molecule has 0 saturated heterocycles. The molecule has 5 nitrogen and oxygen atoms in total. The number of hydrogen-bond acceptors (Lipinski definition) is 4. The van der Waals surface area contributed by atoms with Crippen molar-refractivity contribution in [3.05, 3.63) is 90.0 Å². The fourth-order valence-corrected chi connectivity index (χ4v) is 2.43. The molecule has 0 aliphatic rings. The molecule has 3 aromatic carbocycles. The highest BCUT2D eigenvalue weighted by atomic mass is 16.5. The van der Waals surface area contributed by atoms with Crippen LogP contribution in [0.2, 0.25) is 0 Å². The molecule has 136 valence electrons. The van der Waals surface area contributed by atoms with Crippen molar-refractivity contribution in [3.8, 4) is 17.2 Å². The van der Waals surface area contributed by atoms with Gasteiger partial charge in [0.05, 0.1) is 0 Å². The molecule has 0 heterocycles. The molecule has 3 rings (SSSR count). The summed E-state index contributed by atoms with van der Waals surface area (Å²) in [5.41, 5.74) is 0.917. The van der Waals surface area contributed by atoms with Gasteiger partial charge in [-0.05, 0) is 55.5 Å². The second kappa shape index (κ2) is 8.19. The minimum Gasteiger partial charge on any atom is -0.479 e. The monoisotopic (exact) mass is 362 g/mol. The molecule has 27 heavy (non-hydrogen) atoms. The van der Waals surface area contributed by atoms with Gasteiger partial charge in [-0.15, -0.1) is 0 Å². The quantitative estimate of drug-likeness (QED) is 0.624. The Hall–Kier alpha value is -3.60. The lowest BCUT2D eigenvalue weighted by Gasteiger charge is -2.11. The number of carbonyl (C=O) groups is 2. The fourth-order valence-electron chi connectivity index (χ4n) is 2.43. The molecule has 0 saturated carbocycles. The summed E-state index contributed by atoms with van der Waals surface area (Å²) in [6, 6.07) is 22.7. The molecule has 0 spiro atoms. The number of rotatable bonds is 7. The normalized spacial score (nSPS) is 11.4. The first-order valence-corrected chi connectivity index (χ1v) is 8.40.